The Morgan fingerprint density at radius 1 is 1.27 bits per heavy atom. The molecule has 0 N–H and O–H groups in total. The number of pyridine rings is 1. The van der Waals surface area contributed by atoms with Crippen LogP contribution in [0.15, 0.2) is 48.8 Å². The zero-order valence-corrected chi connectivity index (χ0v) is 13.8. The minimum Gasteiger partial charge on any atom is -0.494 e. The third-order valence-electron chi connectivity index (χ3n) is 2.59. The first-order valence-corrected chi connectivity index (χ1v) is 7.46. The molecular formula is C18H20ClNO2. The minimum absolute atomic E-state index is 0.154. The molecule has 0 saturated carbocycles. The Bertz CT molecular complexity index is 638. The van der Waals surface area contributed by atoms with Gasteiger partial charge in [0.05, 0.1) is 18.9 Å². The third-order valence-corrected chi connectivity index (χ3v) is 2.93. The normalized spacial score (nSPS) is 10.0. The fourth-order valence-electron chi connectivity index (χ4n) is 1.61. The fraction of sp³-hybridized carbons (Fsp3) is 0.222. The number of allylic oxidation sites excluding steroid dienone is 1. The summed E-state index contributed by atoms with van der Waals surface area (Å²) in [5.41, 5.74) is 1.27. The van der Waals surface area contributed by atoms with Gasteiger partial charge in [0.25, 0.3) is 0 Å². The Labute approximate surface area is 136 Å². The molecule has 0 unspecified atom stereocenters. The van der Waals surface area contributed by atoms with E-state index in [2.05, 4.69) is 18.8 Å². The van der Waals surface area contributed by atoms with Gasteiger partial charge in [-0.15, -0.1) is 0 Å². The first-order chi connectivity index (χ1) is 10.6. The van der Waals surface area contributed by atoms with E-state index in [9.17, 15) is 4.79 Å². The molecule has 4 heteroatoms. The lowest BCUT2D eigenvalue weighted by Gasteiger charge is -2.03. The minimum atomic E-state index is -0.154. The van der Waals surface area contributed by atoms with Crippen LogP contribution < -0.4 is 4.74 Å². The van der Waals surface area contributed by atoms with E-state index in [1.165, 1.54) is 25.8 Å². The van der Waals surface area contributed by atoms with Crippen molar-refractivity contribution in [2.24, 2.45) is 0 Å². The molecule has 0 bridgehead atoms. The van der Waals surface area contributed by atoms with E-state index in [4.69, 9.17) is 16.3 Å². The summed E-state index contributed by atoms with van der Waals surface area (Å²) in [5, 5.41) is 0.605. The van der Waals surface area contributed by atoms with E-state index in [1.807, 2.05) is 18.2 Å². The van der Waals surface area contributed by atoms with E-state index in [0.717, 1.165) is 5.56 Å². The second kappa shape index (κ2) is 9.74. The molecule has 0 aliphatic heterocycles. The van der Waals surface area contributed by atoms with Crippen LogP contribution in [-0.4, -0.2) is 17.9 Å². The Morgan fingerprint density at radius 3 is 2.59 bits per heavy atom. The number of aromatic nitrogens is 1. The van der Waals surface area contributed by atoms with Crippen molar-refractivity contribution >= 4 is 23.5 Å². The van der Waals surface area contributed by atoms with Crippen LogP contribution in [0.4, 0.5) is 0 Å². The van der Waals surface area contributed by atoms with Crippen LogP contribution in [0.1, 0.15) is 36.2 Å². The maximum atomic E-state index is 12.1. The summed E-state index contributed by atoms with van der Waals surface area (Å²) in [6.45, 7) is 4.25. The van der Waals surface area contributed by atoms with Gasteiger partial charge in [0, 0.05) is 11.2 Å². The van der Waals surface area contributed by atoms with Crippen LogP contribution in [0.5, 0.6) is 5.75 Å². The Balaban J connectivity index is 0.000000745. The van der Waals surface area contributed by atoms with E-state index in [1.54, 1.807) is 24.4 Å². The smallest absolute Gasteiger partial charge is 0.189 e. The first kappa shape index (κ1) is 17.9. The molecule has 0 radical (unpaired) electrons. The molecule has 0 fully saturated rings. The number of nitrogens with zero attached hydrogens (tertiary/aromatic N) is 1. The highest BCUT2D eigenvalue weighted by molar-refractivity contribution is 6.32. The monoisotopic (exact) mass is 317 g/mol. The summed E-state index contributed by atoms with van der Waals surface area (Å²) in [6, 6.07) is 8.95. The average Bonchev–Trinajstić information content (AvgIpc) is 2.54. The largest absolute Gasteiger partial charge is 0.494 e. The summed E-state index contributed by atoms with van der Waals surface area (Å²) in [4.78, 5) is 16.0. The van der Waals surface area contributed by atoms with Gasteiger partial charge in [0.1, 0.15) is 5.75 Å². The summed E-state index contributed by atoms with van der Waals surface area (Å²) < 4.78 is 5.10. The molecule has 0 atom stereocenters. The molecule has 22 heavy (non-hydrogen) atoms. The maximum absolute atomic E-state index is 12.1. The highest BCUT2D eigenvalue weighted by Crippen LogP contribution is 2.19. The van der Waals surface area contributed by atoms with Gasteiger partial charge in [-0.1, -0.05) is 50.1 Å². The van der Waals surface area contributed by atoms with Crippen molar-refractivity contribution in [3.63, 3.8) is 0 Å². The van der Waals surface area contributed by atoms with Crippen LogP contribution in [0.2, 0.25) is 5.02 Å². The van der Waals surface area contributed by atoms with Gasteiger partial charge in [0.2, 0.25) is 0 Å². The summed E-state index contributed by atoms with van der Waals surface area (Å²) in [7, 11) is 1.51. The Hall–Kier alpha value is -2.13. The fourth-order valence-corrected chi connectivity index (χ4v) is 1.81. The molecule has 0 aliphatic carbocycles. The maximum Gasteiger partial charge on any atom is 0.189 e. The van der Waals surface area contributed by atoms with Crippen molar-refractivity contribution in [1.29, 1.82) is 0 Å². The number of ether oxygens (including phenoxy) is 1. The lowest BCUT2D eigenvalue weighted by Crippen LogP contribution is -1.99. The van der Waals surface area contributed by atoms with E-state index < -0.39 is 0 Å². The van der Waals surface area contributed by atoms with Gasteiger partial charge in [-0.25, -0.2) is 0 Å². The SMILES string of the molecule is CCC.COc1cnccc1C(=O)/C=C/c1ccccc1Cl. The number of hydrogen-bond donors (Lipinski definition) is 0. The number of hydrogen-bond acceptors (Lipinski definition) is 3. The number of ketones is 1. The number of rotatable bonds is 4. The molecule has 3 nitrogen and oxygen atoms in total. The van der Waals surface area contributed by atoms with Gasteiger partial charge >= 0.3 is 0 Å². The number of methoxy groups -OCH3 is 1. The van der Waals surface area contributed by atoms with Crippen molar-refractivity contribution < 1.29 is 9.53 Å². The number of halogens is 1. The van der Waals surface area contributed by atoms with E-state index >= 15 is 0 Å². The van der Waals surface area contributed by atoms with Crippen LogP contribution in [0.3, 0.4) is 0 Å². The average molecular weight is 318 g/mol. The molecule has 0 aliphatic rings. The van der Waals surface area contributed by atoms with Crippen LogP contribution in [0.25, 0.3) is 6.08 Å². The predicted octanol–water partition coefficient (Wildman–Crippen LogP) is 5.06. The number of benzene rings is 1. The molecule has 0 spiro atoms. The molecule has 1 aromatic carbocycles. The zero-order chi connectivity index (χ0) is 16.4. The summed E-state index contributed by atoms with van der Waals surface area (Å²) >= 11 is 6.02. The van der Waals surface area contributed by atoms with E-state index in [0.29, 0.717) is 16.3 Å². The molecule has 1 heterocycles. The molecule has 1 aromatic heterocycles. The highest BCUT2D eigenvalue weighted by Gasteiger charge is 2.08. The van der Waals surface area contributed by atoms with E-state index in [-0.39, 0.29) is 5.78 Å². The van der Waals surface area contributed by atoms with Crippen LogP contribution >= 0.6 is 11.6 Å². The standard InChI is InChI=1S/C15H12ClNO2.C3H8/c1-19-15-10-17-9-8-12(15)14(18)7-6-11-4-2-3-5-13(11)16;1-3-2/h2-10H,1H3;3H2,1-2H3/b7-6+;. The van der Waals surface area contributed by atoms with Crippen molar-refractivity contribution in [1.82, 2.24) is 4.98 Å². The molecule has 2 aromatic rings. The van der Waals surface area contributed by atoms with Crippen molar-refractivity contribution in [2.75, 3.05) is 7.11 Å². The second-order valence-electron chi connectivity index (χ2n) is 4.50. The lowest BCUT2D eigenvalue weighted by atomic mass is 10.1. The second-order valence-corrected chi connectivity index (χ2v) is 4.91. The number of carbonyl (C=O) groups excluding carboxylic acids is 1. The van der Waals surface area contributed by atoms with Crippen molar-refractivity contribution in [3.8, 4) is 5.75 Å². The quantitative estimate of drug-likeness (QED) is 0.584. The molecule has 0 amide bonds. The molecule has 116 valence electrons. The van der Waals surface area contributed by atoms with Gasteiger partial charge in [-0.05, 0) is 29.8 Å². The van der Waals surface area contributed by atoms with Crippen molar-refractivity contribution in [3.05, 3.63) is 65.0 Å². The molecule has 0 saturated heterocycles. The topological polar surface area (TPSA) is 39.2 Å². The highest BCUT2D eigenvalue weighted by atomic mass is 35.5. The summed E-state index contributed by atoms with van der Waals surface area (Å²) in [5.74, 6) is 0.301. The summed E-state index contributed by atoms with van der Waals surface area (Å²) in [6.07, 6.45) is 7.47. The van der Waals surface area contributed by atoms with Gasteiger partial charge < -0.3 is 4.74 Å². The molecule has 2 rings (SSSR count). The third kappa shape index (κ3) is 5.34. The molecular weight excluding hydrogens is 298 g/mol. The Morgan fingerprint density at radius 2 is 1.95 bits per heavy atom. The van der Waals surface area contributed by atoms with Gasteiger partial charge in [-0.2, -0.15) is 0 Å². The van der Waals surface area contributed by atoms with Crippen LogP contribution in [0, 0.1) is 0 Å². The van der Waals surface area contributed by atoms with Gasteiger partial charge in [0.15, 0.2) is 5.78 Å². The zero-order valence-electron chi connectivity index (χ0n) is 13.0. The predicted molar refractivity (Wildman–Crippen MR) is 91.6 cm³/mol. The lowest BCUT2D eigenvalue weighted by molar-refractivity contribution is 0.104. The first-order valence-electron chi connectivity index (χ1n) is 7.08. The Kier molecular flexibility index (Phi) is 7.94. The van der Waals surface area contributed by atoms with Crippen LogP contribution in [-0.2, 0) is 0 Å². The van der Waals surface area contributed by atoms with Crippen molar-refractivity contribution in [2.45, 2.75) is 20.3 Å². The number of carbonyl (C=O) groups is 1. The van der Waals surface area contributed by atoms with Gasteiger partial charge in [-0.3, -0.25) is 9.78 Å².